The minimum absolute atomic E-state index is 0.0756. The molecule has 2 heteroatoms. The zero-order chi connectivity index (χ0) is 13.0. The topological polar surface area (TPSA) is 23.5 Å². The standard InChI is InChI=1S/C17H17NO/c1-11-14-4-2-3-5-15(14)17-9-7-12-6-8-13(18(17)19)10-16(11)12/h2-6,8,10-11,17,19H,7,9H2,1H3. The van der Waals surface area contributed by atoms with Crippen molar-refractivity contribution in [2.45, 2.75) is 31.7 Å². The van der Waals surface area contributed by atoms with Gasteiger partial charge in [0.1, 0.15) is 0 Å². The summed E-state index contributed by atoms with van der Waals surface area (Å²) < 4.78 is 0. The second-order valence-electron chi connectivity index (χ2n) is 5.63. The SMILES string of the molecule is CC1c2cc3ccc2CCC(c2ccccc21)N3O. The summed E-state index contributed by atoms with van der Waals surface area (Å²) in [6, 6.07) is 15.0. The van der Waals surface area contributed by atoms with Gasteiger partial charge in [0.25, 0.3) is 0 Å². The van der Waals surface area contributed by atoms with Crippen LogP contribution in [-0.2, 0) is 6.42 Å². The highest BCUT2D eigenvalue weighted by molar-refractivity contribution is 5.58. The van der Waals surface area contributed by atoms with E-state index in [0.717, 1.165) is 18.5 Å². The number of anilines is 1. The van der Waals surface area contributed by atoms with Crippen LogP contribution in [0.25, 0.3) is 0 Å². The van der Waals surface area contributed by atoms with Gasteiger partial charge in [0, 0.05) is 5.92 Å². The monoisotopic (exact) mass is 251 g/mol. The molecule has 1 aliphatic carbocycles. The number of rotatable bonds is 0. The summed E-state index contributed by atoms with van der Waals surface area (Å²) in [6.45, 7) is 2.27. The number of hydrogen-bond donors (Lipinski definition) is 1. The normalized spacial score (nSPS) is 23.8. The summed E-state index contributed by atoms with van der Waals surface area (Å²) in [5.74, 6) is 0.405. The minimum Gasteiger partial charge on any atom is -0.288 e. The molecule has 0 saturated carbocycles. The zero-order valence-corrected chi connectivity index (χ0v) is 11.0. The van der Waals surface area contributed by atoms with E-state index < -0.39 is 0 Å². The van der Waals surface area contributed by atoms with Crippen molar-refractivity contribution in [3.63, 3.8) is 0 Å². The maximum Gasteiger partial charge on any atom is 0.0818 e. The molecule has 1 N–H and O–H groups in total. The van der Waals surface area contributed by atoms with Crippen LogP contribution in [0.1, 0.15) is 47.6 Å². The van der Waals surface area contributed by atoms with E-state index in [-0.39, 0.29) is 6.04 Å². The highest BCUT2D eigenvalue weighted by Crippen LogP contribution is 2.43. The molecule has 96 valence electrons. The third-order valence-corrected chi connectivity index (χ3v) is 4.66. The molecular weight excluding hydrogens is 234 g/mol. The lowest BCUT2D eigenvalue weighted by atomic mass is 9.78. The number of nitrogens with zero attached hydrogens (tertiary/aromatic N) is 1. The van der Waals surface area contributed by atoms with Crippen LogP contribution >= 0.6 is 0 Å². The lowest BCUT2D eigenvalue weighted by Crippen LogP contribution is -2.30. The summed E-state index contributed by atoms with van der Waals surface area (Å²) in [4.78, 5) is 0. The second kappa shape index (κ2) is 3.84. The van der Waals surface area contributed by atoms with E-state index in [1.54, 1.807) is 0 Å². The average molecular weight is 251 g/mol. The van der Waals surface area contributed by atoms with Crippen molar-refractivity contribution >= 4 is 5.69 Å². The van der Waals surface area contributed by atoms with Crippen LogP contribution in [0.4, 0.5) is 5.69 Å². The molecule has 0 radical (unpaired) electrons. The lowest BCUT2D eigenvalue weighted by Gasteiger charge is -2.37. The summed E-state index contributed by atoms with van der Waals surface area (Å²) in [5, 5.41) is 12.0. The molecule has 2 nitrogen and oxygen atoms in total. The van der Waals surface area contributed by atoms with Gasteiger partial charge in [0.2, 0.25) is 0 Å². The number of fused-ring (bicyclic) bond motifs is 1. The van der Waals surface area contributed by atoms with Crippen LogP contribution in [-0.4, -0.2) is 5.21 Å². The van der Waals surface area contributed by atoms with E-state index >= 15 is 0 Å². The molecule has 6 rings (SSSR count). The molecular formula is C17H17NO. The molecule has 0 saturated heterocycles. The Bertz CT molecular complexity index is 649. The first-order chi connectivity index (χ1) is 9.25. The molecule has 3 heterocycles. The Kier molecular flexibility index (Phi) is 2.24. The van der Waals surface area contributed by atoms with Gasteiger partial charge in [0.05, 0.1) is 11.7 Å². The fraction of sp³-hybridized carbons (Fsp3) is 0.294. The molecule has 4 aliphatic rings. The third-order valence-electron chi connectivity index (χ3n) is 4.66. The molecule has 2 atom stereocenters. The van der Waals surface area contributed by atoms with E-state index in [2.05, 4.69) is 43.3 Å². The van der Waals surface area contributed by atoms with Crippen LogP contribution in [0.2, 0.25) is 0 Å². The number of benzene rings is 2. The fourth-order valence-corrected chi connectivity index (χ4v) is 3.61. The Morgan fingerprint density at radius 3 is 2.68 bits per heavy atom. The molecule has 19 heavy (non-hydrogen) atoms. The van der Waals surface area contributed by atoms with E-state index in [1.807, 2.05) is 6.07 Å². The molecule has 2 aromatic rings. The summed E-state index contributed by atoms with van der Waals surface area (Å²) in [6.07, 6.45) is 2.01. The van der Waals surface area contributed by atoms with Gasteiger partial charge in [-0.05, 0) is 47.2 Å². The highest BCUT2D eigenvalue weighted by Gasteiger charge is 2.31. The molecule has 0 fully saturated rings. The highest BCUT2D eigenvalue weighted by atomic mass is 16.5. The smallest absolute Gasteiger partial charge is 0.0818 e. The van der Waals surface area contributed by atoms with Gasteiger partial charge in [-0.2, -0.15) is 0 Å². The molecule has 0 aromatic heterocycles. The van der Waals surface area contributed by atoms with Gasteiger partial charge in [0.15, 0.2) is 0 Å². The maximum absolute atomic E-state index is 10.5. The van der Waals surface area contributed by atoms with E-state index in [1.165, 1.54) is 27.3 Å². The molecule has 2 aromatic carbocycles. The van der Waals surface area contributed by atoms with Crippen LogP contribution in [0, 0.1) is 0 Å². The predicted molar refractivity (Wildman–Crippen MR) is 75.7 cm³/mol. The Hall–Kier alpha value is -1.80. The number of hydrogen-bond acceptors (Lipinski definition) is 2. The van der Waals surface area contributed by atoms with Crippen molar-refractivity contribution in [1.82, 2.24) is 0 Å². The van der Waals surface area contributed by atoms with Crippen molar-refractivity contribution < 1.29 is 5.21 Å². The molecule has 2 unspecified atom stereocenters. The second-order valence-corrected chi connectivity index (χ2v) is 5.63. The van der Waals surface area contributed by atoms with Crippen LogP contribution in [0.3, 0.4) is 0 Å². The van der Waals surface area contributed by atoms with Crippen molar-refractivity contribution in [1.29, 1.82) is 0 Å². The van der Waals surface area contributed by atoms with Crippen molar-refractivity contribution in [2.75, 3.05) is 5.06 Å². The van der Waals surface area contributed by atoms with Crippen molar-refractivity contribution in [2.24, 2.45) is 0 Å². The fourth-order valence-electron chi connectivity index (χ4n) is 3.61. The van der Waals surface area contributed by atoms with Gasteiger partial charge in [-0.3, -0.25) is 5.21 Å². The van der Waals surface area contributed by atoms with Gasteiger partial charge < -0.3 is 0 Å². The van der Waals surface area contributed by atoms with Crippen molar-refractivity contribution in [3.8, 4) is 0 Å². The number of aryl methyl sites for hydroxylation is 1. The average Bonchev–Trinajstić information content (AvgIpc) is 2.43. The first-order valence-electron chi connectivity index (χ1n) is 6.95. The molecule has 4 bridgehead atoms. The zero-order valence-electron chi connectivity index (χ0n) is 11.0. The first kappa shape index (κ1) is 11.1. The summed E-state index contributed by atoms with van der Waals surface area (Å²) in [7, 11) is 0. The van der Waals surface area contributed by atoms with E-state index in [4.69, 9.17) is 0 Å². The Morgan fingerprint density at radius 2 is 1.84 bits per heavy atom. The quantitative estimate of drug-likeness (QED) is 0.764. The minimum atomic E-state index is 0.0756. The van der Waals surface area contributed by atoms with Crippen LogP contribution in [0.15, 0.2) is 42.5 Å². The largest absolute Gasteiger partial charge is 0.288 e. The molecule has 0 amide bonds. The summed E-state index contributed by atoms with van der Waals surface area (Å²) in [5.41, 5.74) is 6.34. The molecule has 3 aliphatic heterocycles. The Labute approximate surface area is 113 Å². The van der Waals surface area contributed by atoms with E-state index in [9.17, 15) is 5.21 Å². The third kappa shape index (κ3) is 1.47. The Morgan fingerprint density at radius 1 is 1.05 bits per heavy atom. The molecule has 0 spiro atoms. The van der Waals surface area contributed by atoms with Gasteiger partial charge >= 0.3 is 0 Å². The predicted octanol–water partition coefficient (Wildman–Crippen LogP) is 4.03. The summed E-state index contributed by atoms with van der Waals surface area (Å²) >= 11 is 0. The van der Waals surface area contributed by atoms with Crippen molar-refractivity contribution in [3.05, 3.63) is 64.7 Å². The maximum atomic E-state index is 10.5. The lowest BCUT2D eigenvalue weighted by molar-refractivity contribution is 0.207. The van der Waals surface area contributed by atoms with Gasteiger partial charge in [-0.15, -0.1) is 0 Å². The van der Waals surface area contributed by atoms with Gasteiger partial charge in [-0.25, -0.2) is 5.06 Å². The van der Waals surface area contributed by atoms with Gasteiger partial charge in [-0.1, -0.05) is 37.3 Å². The van der Waals surface area contributed by atoms with E-state index in [0.29, 0.717) is 5.92 Å². The Balaban J connectivity index is 2.07. The van der Waals surface area contributed by atoms with Crippen LogP contribution < -0.4 is 5.06 Å². The first-order valence-corrected chi connectivity index (χ1v) is 6.95. The number of hydroxylamine groups is 1. The van der Waals surface area contributed by atoms with Crippen LogP contribution in [0.5, 0.6) is 0 Å².